The minimum atomic E-state index is -0.482. The molecule has 2 heteroatoms. The third-order valence-corrected chi connectivity index (χ3v) is 2.26. The van der Waals surface area contributed by atoms with Crippen LogP contribution in [-0.4, -0.2) is 5.11 Å². The zero-order valence-corrected chi connectivity index (χ0v) is 8.10. The fourth-order valence-electron chi connectivity index (χ4n) is 1.13. The molecule has 0 spiro atoms. The maximum Gasteiger partial charge on any atom is 0.0776 e. The molecular formula is C10H13ClO. The zero-order valence-electron chi connectivity index (χ0n) is 7.34. The molecule has 1 aromatic carbocycles. The van der Waals surface area contributed by atoms with Crippen LogP contribution in [0.2, 0.25) is 5.02 Å². The van der Waals surface area contributed by atoms with Crippen LogP contribution in [0.3, 0.4) is 0 Å². The van der Waals surface area contributed by atoms with E-state index in [0.717, 1.165) is 12.0 Å². The molecule has 1 atom stereocenters. The van der Waals surface area contributed by atoms with E-state index in [1.54, 1.807) is 6.92 Å². The molecule has 1 nitrogen and oxygen atoms in total. The van der Waals surface area contributed by atoms with E-state index in [0.29, 0.717) is 5.02 Å². The molecule has 0 aliphatic carbocycles. The highest BCUT2D eigenvalue weighted by molar-refractivity contribution is 6.31. The van der Waals surface area contributed by atoms with Crippen LogP contribution in [0, 0.1) is 0 Å². The standard InChI is InChI=1S/C10H13ClO/c1-3-8-4-5-10(11)9(6-8)7(2)12/h4-7,12H,3H2,1-2H3. The van der Waals surface area contributed by atoms with Crippen LogP contribution in [0.5, 0.6) is 0 Å². The van der Waals surface area contributed by atoms with Crippen molar-refractivity contribution in [2.24, 2.45) is 0 Å². The summed E-state index contributed by atoms with van der Waals surface area (Å²) >= 11 is 5.89. The summed E-state index contributed by atoms with van der Waals surface area (Å²) in [5.41, 5.74) is 2.02. The van der Waals surface area contributed by atoms with Crippen LogP contribution in [0.1, 0.15) is 31.1 Å². The van der Waals surface area contributed by atoms with Crippen molar-refractivity contribution in [2.45, 2.75) is 26.4 Å². The van der Waals surface area contributed by atoms with Crippen LogP contribution in [0.25, 0.3) is 0 Å². The largest absolute Gasteiger partial charge is 0.389 e. The van der Waals surface area contributed by atoms with E-state index in [1.807, 2.05) is 18.2 Å². The number of hydrogen-bond donors (Lipinski definition) is 1. The van der Waals surface area contributed by atoms with Crippen LogP contribution >= 0.6 is 11.6 Å². The van der Waals surface area contributed by atoms with Crippen LogP contribution in [0.4, 0.5) is 0 Å². The Kier molecular flexibility index (Phi) is 3.12. The maximum absolute atomic E-state index is 9.34. The highest BCUT2D eigenvalue weighted by Gasteiger charge is 2.06. The summed E-state index contributed by atoms with van der Waals surface area (Å²) in [6, 6.07) is 5.77. The fraction of sp³-hybridized carbons (Fsp3) is 0.400. The summed E-state index contributed by atoms with van der Waals surface area (Å²) in [5, 5.41) is 9.98. The van der Waals surface area contributed by atoms with E-state index in [-0.39, 0.29) is 0 Å². The van der Waals surface area contributed by atoms with Crippen molar-refractivity contribution in [1.29, 1.82) is 0 Å². The first-order chi connectivity index (χ1) is 5.65. The summed E-state index contributed by atoms with van der Waals surface area (Å²) in [5.74, 6) is 0. The first-order valence-corrected chi connectivity index (χ1v) is 4.49. The van der Waals surface area contributed by atoms with Crippen molar-refractivity contribution in [1.82, 2.24) is 0 Å². The summed E-state index contributed by atoms with van der Waals surface area (Å²) in [6.07, 6.45) is 0.487. The summed E-state index contributed by atoms with van der Waals surface area (Å²) in [7, 11) is 0. The quantitative estimate of drug-likeness (QED) is 0.750. The van der Waals surface area contributed by atoms with Gasteiger partial charge in [0.1, 0.15) is 0 Å². The van der Waals surface area contributed by atoms with Gasteiger partial charge in [0.15, 0.2) is 0 Å². The van der Waals surface area contributed by atoms with Gasteiger partial charge in [-0.05, 0) is 30.5 Å². The van der Waals surface area contributed by atoms with Gasteiger partial charge in [0.05, 0.1) is 6.10 Å². The first kappa shape index (κ1) is 9.56. The lowest BCUT2D eigenvalue weighted by molar-refractivity contribution is 0.199. The van der Waals surface area contributed by atoms with Crippen LogP contribution in [0.15, 0.2) is 18.2 Å². The van der Waals surface area contributed by atoms with Crippen molar-refractivity contribution in [3.63, 3.8) is 0 Å². The maximum atomic E-state index is 9.34. The van der Waals surface area contributed by atoms with Gasteiger partial charge in [-0.1, -0.05) is 30.7 Å². The van der Waals surface area contributed by atoms with Gasteiger partial charge in [-0.15, -0.1) is 0 Å². The number of aliphatic hydroxyl groups excluding tert-OH is 1. The van der Waals surface area contributed by atoms with Crippen molar-refractivity contribution in [3.8, 4) is 0 Å². The van der Waals surface area contributed by atoms with Gasteiger partial charge in [-0.3, -0.25) is 0 Å². The van der Waals surface area contributed by atoms with Crippen molar-refractivity contribution < 1.29 is 5.11 Å². The summed E-state index contributed by atoms with van der Waals surface area (Å²) < 4.78 is 0. The normalized spacial score (nSPS) is 13.0. The van der Waals surface area contributed by atoms with Gasteiger partial charge in [-0.25, -0.2) is 0 Å². The minimum Gasteiger partial charge on any atom is -0.389 e. The average Bonchev–Trinajstić information content (AvgIpc) is 2.05. The Morgan fingerprint density at radius 1 is 1.50 bits per heavy atom. The Labute approximate surface area is 78.0 Å². The molecule has 0 heterocycles. The molecule has 1 unspecified atom stereocenters. The number of benzene rings is 1. The van der Waals surface area contributed by atoms with E-state index in [1.165, 1.54) is 5.56 Å². The molecule has 0 fully saturated rings. The SMILES string of the molecule is CCc1ccc(Cl)c(C(C)O)c1. The zero-order chi connectivity index (χ0) is 9.14. The van der Waals surface area contributed by atoms with Gasteiger partial charge in [0, 0.05) is 5.02 Å². The molecule has 0 saturated carbocycles. The monoisotopic (exact) mass is 184 g/mol. The lowest BCUT2D eigenvalue weighted by atomic mass is 10.1. The van der Waals surface area contributed by atoms with Gasteiger partial charge in [0.25, 0.3) is 0 Å². The van der Waals surface area contributed by atoms with E-state index >= 15 is 0 Å². The molecule has 1 aromatic rings. The molecule has 0 bridgehead atoms. The molecule has 1 N–H and O–H groups in total. The van der Waals surface area contributed by atoms with Crippen molar-refractivity contribution in [2.75, 3.05) is 0 Å². The van der Waals surface area contributed by atoms with Crippen LogP contribution in [-0.2, 0) is 6.42 Å². The Morgan fingerprint density at radius 2 is 2.17 bits per heavy atom. The van der Waals surface area contributed by atoms with Crippen molar-refractivity contribution in [3.05, 3.63) is 34.3 Å². The van der Waals surface area contributed by atoms with E-state index in [9.17, 15) is 5.11 Å². The lowest BCUT2D eigenvalue weighted by Gasteiger charge is -2.08. The predicted octanol–water partition coefficient (Wildman–Crippen LogP) is 2.96. The van der Waals surface area contributed by atoms with Gasteiger partial charge in [0.2, 0.25) is 0 Å². The molecule has 1 rings (SSSR count). The van der Waals surface area contributed by atoms with Gasteiger partial charge in [-0.2, -0.15) is 0 Å². The number of aryl methyl sites for hydroxylation is 1. The smallest absolute Gasteiger partial charge is 0.0776 e. The second-order valence-electron chi connectivity index (χ2n) is 2.89. The van der Waals surface area contributed by atoms with Gasteiger partial charge >= 0.3 is 0 Å². The summed E-state index contributed by atoms with van der Waals surface area (Å²) in [4.78, 5) is 0. The van der Waals surface area contributed by atoms with Crippen LogP contribution < -0.4 is 0 Å². The highest BCUT2D eigenvalue weighted by Crippen LogP contribution is 2.23. The summed E-state index contributed by atoms with van der Waals surface area (Å²) in [6.45, 7) is 3.80. The Hall–Kier alpha value is -0.530. The number of hydrogen-bond acceptors (Lipinski definition) is 1. The third kappa shape index (κ3) is 1.99. The number of rotatable bonds is 2. The topological polar surface area (TPSA) is 20.2 Å². The third-order valence-electron chi connectivity index (χ3n) is 1.92. The molecule has 66 valence electrons. The van der Waals surface area contributed by atoms with E-state index in [4.69, 9.17) is 11.6 Å². The van der Waals surface area contributed by atoms with Gasteiger partial charge < -0.3 is 5.11 Å². The predicted molar refractivity (Wildman–Crippen MR) is 51.5 cm³/mol. The Bertz CT molecular complexity index is 269. The molecule has 0 amide bonds. The fourth-order valence-corrected chi connectivity index (χ4v) is 1.41. The molecule has 12 heavy (non-hydrogen) atoms. The first-order valence-electron chi connectivity index (χ1n) is 4.11. The molecule has 0 aliphatic heterocycles. The molecular weight excluding hydrogens is 172 g/mol. The molecule has 0 aliphatic rings. The van der Waals surface area contributed by atoms with E-state index < -0.39 is 6.10 Å². The van der Waals surface area contributed by atoms with Crippen molar-refractivity contribution >= 4 is 11.6 Å². The highest BCUT2D eigenvalue weighted by atomic mass is 35.5. The second kappa shape index (κ2) is 3.92. The number of halogens is 1. The number of aliphatic hydroxyl groups is 1. The lowest BCUT2D eigenvalue weighted by Crippen LogP contribution is -1.93. The molecule has 0 radical (unpaired) electrons. The Morgan fingerprint density at radius 3 is 2.67 bits per heavy atom. The average molecular weight is 185 g/mol. The Balaban J connectivity index is 3.08. The molecule has 0 aromatic heterocycles. The minimum absolute atomic E-state index is 0.482. The second-order valence-corrected chi connectivity index (χ2v) is 3.29. The van der Waals surface area contributed by atoms with E-state index in [2.05, 4.69) is 6.92 Å². The molecule has 0 saturated heterocycles.